The number of nitriles is 1. The number of carbonyl (C=O) groups excluding carboxylic acids is 1. The lowest BCUT2D eigenvalue weighted by atomic mass is 10.0. The van der Waals surface area contributed by atoms with Gasteiger partial charge < -0.3 is 9.47 Å². The van der Waals surface area contributed by atoms with E-state index in [1.807, 2.05) is 25.1 Å². The van der Waals surface area contributed by atoms with E-state index in [4.69, 9.17) is 9.47 Å². The van der Waals surface area contributed by atoms with Gasteiger partial charge in [-0.05, 0) is 36.6 Å². The maximum Gasteiger partial charge on any atom is 0.203 e. The van der Waals surface area contributed by atoms with Gasteiger partial charge >= 0.3 is 0 Å². The Balaban J connectivity index is 2.31. The molecule has 0 aliphatic rings. The zero-order chi connectivity index (χ0) is 18.9. The third-order valence-corrected chi connectivity index (χ3v) is 3.55. The number of rotatable bonds is 8. The van der Waals surface area contributed by atoms with Crippen LogP contribution in [0, 0.1) is 17.2 Å². The molecule has 0 bridgehead atoms. The summed E-state index contributed by atoms with van der Waals surface area (Å²) in [5.41, 5.74) is 1.28. The number of carbonyl (C=O) groups is 1. The number of hydrogen-bond acceptors (Lipinski definition) is 4. The number of benzene rings is 2. The second-order valence-electron chi connectivity index (χ2n) is 6.21. The highest BCUT2D eigenvalue weighted by Crippen LogP contribution is 2.30. The van der Waals surface area contributed by atoms with Gasteiger partial charge in [0.05, 0.1) is 13.2 Å². The summed E-state index contributed by atoms with van der Waals surface area (Å²) in [6.45, 7) is 7.14. The van der Waals surface area contributed by atoms with E-state index in [0.717, 1.165) is 0 Å². The average molecular weight is 349 g/mol. The topological polar surface area (TPSA) is 59.3 Å². The van der Waals surface area contributed by atoms with E-state index in [-0.39, 0.29) is 11.4 Å². The summed E-state index contributed by atoms with van der Waals surface area (Å²) in [4.78, 5) is 12.5. The fraction of sp³-hybridized carbons (Fsp3) is 0.273. The standard InChI is InChI=1S/C22H23NO3/c1-4-25-21-13-17(10-11-20(21)26-15-16(2)3)12-19(14-23)22(24)18-8-6-5-7-9-18/h5-13,16H,4,15H2,1-3H3/b19-12+. The fourth-order valence-corrected chi connectivity index (χ4v) is 2.32. The van der Waals surface area contributed by atoms with Gasteiger partial charge in [-0.1, -0.05) is 50.2 Å². The maximum atomic E-state index is 12.5. The van der Waals surface area contributed by atoms with Crippen molar-refractivity contribution in [2.45, 2.75) is 20.8 Å². The Morgan fingerprint density at radius 2 is 1.85 bits per heavy atom. The molecule has 0 radical (unpaired) electrons. The molecule has 0 aromatic heterocycles. The summed E-state index contributed by atoms with van der Waals surface area (Å²) in [6.07, 6.45) is 1.57. The van der Waals surface area contributed by atoms with Crippen molar-refractivity contribution in [2.24, 2.45) is 5.92 Å². The number of allylic oxidation sites excluding steroid dienone is 1. The van der Waals surface area contributed by atoms with E-state index < -0.39 is 0 Å². The predicted molar refractivity (Wildman–Crippen MR) is 102 cm³/mol. The van der Waals surface area contributed by atoms with Gasteiger partial charge in [0, 0.05) is 5.56 Å². The first kappa shape index (κ1) is 19.3. The van der Waals surface area contributed by atoms with Gasteiger partial charge in [-0.3, -0.25) is 4.79 Å². The lowest BCUT2D eigenvalue weighted by Crippen LogP contribution is -2.06. The van der Waals surface area contributed by atoms with Crippen LogP contribution in [0.5, 0.6) is 11.5 Å². The van der Waals surface area contributed by atoms with Crippen molar-refractivity contribution >= 4 is 11.9 Å². The Bertz CT molecular complexity index is 817. The van der Waals surface area contributed by atoms with Crippen molar-refractivity contribution in [3.8, 4) is 17.6 Å². The highest BCUT2D eigenvalue weighted by Gasteiger charge is 2.13. The van der Waals surface area contributed by atoms with E-state index in [2.05, 4.69) is 13.8 Å². The number of nitrogens with zero attached hydrogens (tertiary/aromatic N) is 1. The third kappa shape index (κ3) is 5.22. The van der Waals surface area contributed by atoms with E-state index in [0.29, 0.717) is 41.8 Å². The van der Waals surface area contributed by atoms with Gasteiger partial charge in [0.2, 0.25) is 5.78 Å². The first-order valence-electron chi connectivity index (χ1n) is 8.66. The molecule has 26 heavy (non-hydrogen) atoms. The van der Waals surface area contributed by atoms with Crippen molar-refractivity contribution in [3.05, 3.63) is 65.2 Å². The SMILES string of the molecule is CCOc1cc(/C=C(\C#N)C(=O)c2ccccc2)ccc1OCC(C)C. The molecule has 2 aromatic rings. The second-order valence-corrected chi connectivity index (χ2v) is 6.21. The molecule has 2 aromatic carbocycles. The highest BCUT2D eigenvalue weighted by atomic mass is 16.5. The molecule has 4 heteroatoms. The minimum atomic E-state index is -0.300. The summed E-state index contributed by atoms with van der Waals surface area (Å²) < 4.78 is 11.4. The second kappa shape index (κ2) is 9.43. The highest BCUT2D eigenvalue weighted by molar-refractivity contribution is 6.14. The molecule has 0 saturated heterocycles. The van der Waals surface area contributed by atoms with Crippen LogP contribution in [0.4, 0.5) is 0 Å². The van der Waals surface area contributed by atoms with Crippen LogP contribution >= 0.6 is 0 Å². The molecule has 0 spiro atoms. The summed E-state index contributed by atoms with van der Waals surface area (Å²) in [5, 5.41) is 9.40. The van der Waals surface area contributed by atoms with E-state index in [9.17, 15) is 10.1 Å². The summed E-state index contributed by atoms with van der Waals surface area (Å²) >= 11 is 0. The normalized spacial score (nSPS) is 11.1. The Kier molecular flexibility index (Phi) is 6.99. The van der Waals surface area contributed by atoms with Crippen LogP contribution in [0.25, 0.3) is 6.08 Å². The predicted octanol–water partition coefficient (Wildman–Crippen LogP) is 4.91. The minimum Gasteiger partial charge on any atom is -0.490 e. The Morgan fingerprint density at radius 3 is 2.46 bits per heavy atom. The molecular weight excluding hydrogens is 326 g/mol. The molecule has 134 valence electrons. The molecule has 0 heterocycles. The van der Waals surface area contributed by atoms with Crippen LogP contribution in [-0.4, -0.2) is 19.0 Å². The van der Waals surface area contributed by atoms with Crippen LogP contribution in [0.15, 0.2) is 54.1 Å². The van der Waals surface area contributed by atoms with Crippen molar-refractivity contribution in [1.82, 2.24) is 0 Å². The maximum absolute atomic E-state index is 12.5. The quantitative estimate of drug-likeness (QED) is 0.386. The lowest BCUT2D eigenvalue weighted by molar-refractivity contribution is 0.104. The Labute approximate surface area is 154 Å². The van der Waals surface area contributed by atoms with Gasteiger partial charge in [0.15, 0.2) is 11.5 Å². The molecule has 0 fully saturated rings. The summed E-state index contributed by atoms with van der Waals surface area (Å²) in [5.74, 6) is 1.36. The molecule has 0 amide bonds. The van der Waals surface area contributed by atoms with Gasteiger partial charge in [-0.25, -0.2) is 0 Å². The number of hydrogen-bond donors (Lipinski definition) is 0. The molecule has 2 rings (SSSR count). The summed E-state index contributed by atoms with van der Waals surface area (Å²) in [7, 11) is 0. The average Bonchev–Trinajstić information content (AvgIpc) is 2.65. The van der Waals surface area contributed by atoms with Crippen molar-refractivity contribution in [3.63, 3.8) is 0 Å². The Hall–Kier alpha value is -3.06. The molecule has 0 aliphatic heterocycles. The van der Waals surface area contributed by atoms with Crippen molar-refractivity contribution in [1.29, 1.82) is 5.26 Å². The first-order chi connectivity index (χ1) is 12.5. The molecule has 0 atom stereocenters. The van der Waals surface area contributed by atoms with Crippen LogP contribution in [-0.2, 0) is 0 Å². The van der Waals surface area contributed by atoms with Crippen LogP contribution in [0.2, 0.25) is 0 Å². The van der Waals surface area contributed by atoms with Gasteiger partial charge in [0.1, 0.15) is 11.6 Å². The van der Waals surface area contributed by atoms with Crippen LogP contribution < -0.4 is 9.47 Å². The number of ether oxygens (including phenoxy) is 2. The third-order valence-electron chi connectivity index (χ3n) is 3.55. The van der Waals surface area contributed by atoms with E-state index in [1.54, 1.807) is 42.5 Å². The molecule has 0 aliphatic carbocycles. The molecular formula is C22H23NO3. The van der Waals surface area contributed by atoms with Gasteiger partial charge in [0.25, 0.3) is 0 Å². The lowest BCUT2D eigenvalue weighted by Gasteiger charge is -2.14. The smallest absolute Gasteiger partial charge is 0.203 e. The molecule has 0 saturated carbocycles. The number of Topliss-reactive ketones (excluding diaryl/α,β-unsaturated/α-hetero) is 1. The summed E-state index contributed by atoms with van der Waals surface area (Å²) in [6, 6.07) is 16.2. The zero-order valence-corrected chi connectivity index (χ0v) is 15.4. The van der Waals surface area contributed by atoms with Crippen LogP contribution in [0.3, 0.4) is 0 Å². The fourth-order valence-electron chi connectivity index (χ4n) is 2.32. The first-order valence-corrected chi connectivity index (χ1v) is 8.66. The molecule has 4 nitrogen and oxygen atoms in total. The van der Waals surface area contributed by atoms with E-state index in [1.165, 1.54) is 0 Å². The molecule has 0 N–H and O–H groups in total. The monoisotopic (exact) mass is 349 g/mol. The van der Waals surface area contributed by atoms with Gasteiger partial charge in [-0.15, -0.1) is 0 Å². The van der Waals surface area contributed by atoms with Crippen molar-refractivity contribution < 1.29 is 14.3 Å². The minimum absolute atomic E-state index is 0.0782. The number of ketones is 1. The zero-order valence-electron chi connectivity index (χ0n) is 15.4. The molecule has 0 unspecified atom stereocenters. The van der Waals surface area contributed by atoms with Gasteiger partial charge in [-0.2, -0.15) is 5.26 Å². The van der Waals surface area contributed by atoms with Crippen molar-refractivity contribution in [2.75, 3.05) is 13.2 Å². The largest absolute Gasteiger partial charge is 0.490 e. The van der Waals surface area contributed by atoms with Crippen LogP contribution in [0.1, 0.15) is 36.7 Å². The van der Waals surface area contributed by atoms with E-state index >= 15 is 0 Å². The Morgan fingerprint density at radius 1 is 1.12 bits per heavy atom.